The van der Waals surface area contributed by atoms with Crippen molar-refractivity contribution in [3.63, 3.8) is 0 Å². The van der Waals surface area contributed by atoms with Crippen LogP contribution >= 0.6 is 0 Å². The molecule has 29 heavy (non-hydrogen) atoms. The first kappa shape index (κ1) is 18.9. The zero-order valence-corrected chi connectivity index (χ0v) is 16.3. The summed E-state index contributed by atoms with van der Waals surface area (Å²) in [6.07, 6.45) is 5.81. The number of aryl methyl sites for hydroxylation is 2. The number of rotatable bonds is 8. The molecule has 1 atom stereocenters. The summed E-state index contributed by atoms with van der Waals surface area (Å²) < 4.78 is 7.52. The maximum Gasteiger partial charge on any atom is 0.251 e. The topological polar surface area (TPSA) is 85.8 Å². The number of oxazole rings is 1. The minimum atomic E-state index is -0.145. The van der Waals surface area contributed by atoms with Crippen LogP contribution in [-0.4, -0.2) is 31.7 Å². The van der Waals surface area contributed by atoms with E-state index in [0.29, 0.717) is 29.1 Å². The van der Waals surface area contributed by atoms with Crippen LogP contribution < -0.4 is 5.32 Å². The number of aromatic nitrogens is 4. The van der Waals surface area contributed by atoms with Crippen molar-refractivity contribution < 1.29 is 9.21 Å². The first-order valence-corrected chi connectivity index (χ1v) is 9.74. The van der Waals surface area contributed by atoms with E-state index in [0.717, 1.165) is 19.3 Å². The Morgan fingerprint density at radius 1 is 1.17 bits per heavy atom. The number of amides is 1. The lowest BCUT2D eigenvalue weighted by atomic mass is 10.1. The van der Waals surface area contributed by atoms with E-state index in [4.69, 9.17) is 4.42 Å². The summed E-state index contributed by atoms with van der Waals surface area (Å²) in [5.41, 5.74) is 3.28. The van der Waals surface area contributed by atoms with E-state index in [1.807, 2.05) is 25.1 Å². The van der Waals surface area contributed by atoms with Gasteiger partial charge >= 0.3 is 0 Å². The lowest BCUT2D eigenvalue weighted by molar-refractivity contribution is 0.0936. The summed E-state index contributed by atoms with van der Waals surface area (Å²) >= 11 is 0. The van der Waals surface area contributed by atoms with Gasteiger partial charge in [0.2, 0.25) is 0 Å². The fraction of sp³-hybridized carbons (Fsp3) is 0.273. The molecule has 4 aromatic rings. The van der Waals surface area contributed by atoms with Crippen LogP contribution in [0.15, 0.2) is 65.6 Å². The zero-order valence-electron chi connectivity index (χ0n) is 16.3. The number of nitrogens with zero attached hydrogens (tertiary/aromatic N) is 4. The number of benzene rings is 2. The van der Waals surface area contributed by atoms with E-state index in [-0.39, 0.29) is 11.9 Å². The fourth-order valence-corrected chi connectivity index (χ4v) is 3.27. The first-order valence-electron chi connectivity index (χ1n) is 9.74. The maximum atomic E-state index is 12.5. The molecule has 7 nitrogen and oxygen atoms in total. The van der Waals surface area contributed by atoms with Gasteiger partial charge in [-0.25, -0.2) is 9.97 Å². The van der Waals surface area contributed by atoms with E-state index in [1.165, 1.54) is 11.9 Å². The highest BCUT2D eigenvalue weighted by Crippen LogP contribution is 2.19. The average molecular weight is 389 g/mol. The summed E-state index contributed by atoms with van der Waals surface area (Å²) in [4.78, 5) is 21.0. The van der Waals surface area contributed by atoms with Crippen LogP contribution in [0, 0.1) is 0 Å². The summed E-state index contributed by atoms with van der Waals surface area (Å²) in [7, 11) is 0. The second-order valence-electron chi connectivity index (χ2n) is 7.12. The number of carbonyl (C=O) groups is 1. The molecule has 0 aliphatic heterocycles. The number of hydrogen-bond acceptors (Lipinski definition) is 5. The molecule has 148 valence electrons. The van der Waals surface area contributed by atoms with Gasteiger partial charge in [-0.3, -0.25) is 9.48 Å². The van der Waals surface area contributed by atoms with Gasteiger partial charge in [0.15, 0.2) is 11.5 Å². The Hall–Kier alpha value is -3.48. The van der Waals surface area contributed by atoms with Crippen LogP contribution in [0.5, 0.6) is 0 Å². The monoisotopic (exact) mass is 389 g/mol. The molecule has 4 rings (SSSR count). The van der Waals surface area contributed by atoms with Crippen molar-refractivity contribution in [1.29, 1.82) is 0 Å². The molecule has 0 spiro atoms. The molecule has 0 aliphatic rings. The minimum absolute atomic E-state index is 0.0780. The van der Waals surface area contributed by atoms with Crippen LogP contribution in [0.3, 0.4) is 0 Å². The predicted octanol–water partition coefficient (Wildman–Crippen LogP) is 3.41. The third-order valence-corrected chi connectivity index (χ3v) is 4.70. The Kier molecular flexibility index (Phi) is 5.65. The van der Waals surface area contributed by atoms with Crippen LogP contribution in [0.1, 0.15) is 35.2 Å². The van der Waals surface area contributed by atoms with Gasteiger partial charge in [0, 0.05) is 18.0 Å². The molecular formula is C22H23N5O2. The van der Waals surface area contributed by atoms with Gasteiger partial charge in [-0.05, 0) is 43.5 Å². The van der Waals surface area contributed by atoms with Crippen molar-refractivity contribution in [2.45, 2.75) is 38.8 Å². The van der Waals surface area contributed by atoms with Gasteiger partial charge in [0.25, 0.3) is 5.91 Å². The van der Waals surface area contributed by atoms with E-state index in [1.54, 1.807) is 29.2 Å². The van der Waals surface area contributed by atoms with Crippen LogP contribution in [0.2, 0.25) is 0 Å². The second-order valence-corrected chi connectivity index (χ2v) is 7.12. The van der Waals surface area contributed by atoms with Gasteiger partial charge < -0.3 is 9.73 Å². The molecule has 0 fully saturated rings. The predicted molar refractivity (Wildman–Crippen MR) is 109 cm³/mol. The lowest BCUT2D eigenvalue weighted by Gasteiger charge is -2.13. The fourth-order valence-electron chi connectivity index (χ4n) is 3.27. The third kappa shape index (κ3) is 4.87. The number of hydrogen-bond donors (Lipinski definition) is 1. The van der Waals surface area contributed by atoms with Gasteiger partial charge in [0.05, 0.1) is 6.54 Å². The Labute approximate surface area is 168 Å². The minimum Gasteiger partial charge on any atom is -0.441 e. The molecule has 1 amide bonds. The van der Waals surface area contributed by atoms with Crippen LogP contribution in [-0.2, 0) is 19.4 Å². The van der Waals surface area contributed by atoms with Crippen molar-refractivity contribution >= 4 is 17.0 Å². The third-order valence-electron chi connectivity index (χ3n) is 4.70. The normalized spacial score (nSPS) is 12.2. The molecule has 0 saturated heterocycles. The Bertz CT molecular complexity index is 1070. The van der Waals surface area contributed by atoms with Crippen molar-refractivity contribution in [3.05, 3.63) is 78.2 Å². The van der Waals surface area contributed by atoms with E-state index in [9.17, 15) is 4.79 Å². The highest BCUT2D eigenvalue weighted by atomic mass is 16.3. The molecule has 2 aromatic heterocycles. The SMILES string of the molecule is C[C@@H](Cn1cncn1)NC(=O)c1ccc2oc(CCCc3ccccc3)nc2c1. The largest absolute Gasteiger partial charge is 0.441 e. The summed E-state index contributed by atoms with van der Waals surface area (Å²) in [5, 5.41) is 7.03. The Morgan fingerprint density at radius 2 is 2.03 bits per heavy atom. The van der Waals surface area contributed by atoms with Crippen molar-refractivity contribution in [3.8, 4) is 0 Å². The second kappa shape index (κ2) is 8.68. The lowest BCUT2D eigenvalue weighted by Crippen LogP contribution is -2.35. The molecule has 2 heterocycles. The smallest absolute Gasteiger partial charge is 0.251 e. The maximum absolute atomic E-state index is 12.5. The molecule has 7 heteroatoms. The van der Waals surface area contributed by atoms with Crippen molar-refractivity contribution in [1.82, 2.24) is 25.1 Å². The molecular weight excluding hydrogens is 366 g/mol. The molecule has 2 aromatic carbocycles. The molecule has 0 radical (unpaired) electrons. The molecule has 0 unspecified atom stereocenters. The first-order chi connectivity index (χ1) is 14.2. The molecule has 0 bridgehead atoms. The number of nitrogens with one attached hydrogen (secondary N) is 1. The van der Waals surface area contributed by atoms with E-state index in [2.05, 4.69) is 32.5 Å². The van der Waals surface area contributed by atoms with Gasteiger partial charge in [-0.15, -0.1) is 0 Å². The number of carbonyl (C=O) groups excluding carboxylic acids is 1. The zero-order chi connectivity index (χ0) is 20.1. The number of fused-ring (bicyclic) bond motifs is 1. The Balaban J connectivity index is 1.36. The molecule has 0 saturated carbocycles. The van der Waals surface area contributed by atoms with Crippen molar-refractivity contribution in [2.24, 2.45) is 0 Å². The summed E-state index contributed by atoms with van der Waals surface area (Å²) in [6.45, 7) is 2.49. The van der Waals surface area contributed by atoms with E-state index < -0.39 is 0 Å². The highest BCUT2D eigenvalue weighted by Gasteiger charge is 2.13. The quantitative estimate of drug-likeness (QED) is 0.499. The summed E-state index contributed by atoms with van der Waals surface area (Å²) in [6, 6.07) is 15.6. The molecule has 1 N–H and O–H groups in total. The van der Waals surface area contributed by atoms with E-state index >= 15 is 0 Å². The highest BCUT2D eigenvalue weighted by molar-refractivity contribution is 5.97. The van der Waals surface area contributed by atoms with Crippen molar-refractivity contribution in [2.75, 3.05) is 0 Å². The van der Waals surface area contributed by atoms with Gasteiger partial charge in [-0.2, -0.15) is 5.10 Å². The van der Waals surface area contributed by atoms with Gasteiger partial charge in [-0.1, -0.05) is 30.3 Å². The standard InChI is InChI=1S/C22H23N5O2/c1-16(13-27-15-23-14-24-27)25-22(28)18-10-11-20-19(12-18)26-21(29-20)9-5-8-17-6-3-2-4-7-17/h2-4,6-7,10-12,14-16H,5,8-9,13H2,1H3,(H,25,28)/t16-/m0/s1. The van der Waals surface area contributed by atoms with Gasteiger partial charge in [0.1, 0.15) is 18.2 Å². The summed E-state index contributed by atoms with van der Waals surface area (Å²) in [5.74, 6) is 0.557. The van der Waals surface area contributed by atoms with Crippen LogP contribution in [0.4, 0.5) is 0 Å². The Morgan fingerprint density at radius 3 is 2.83 bits per heavy atom. The van der Waals surface area contributed by atoms with Crippen LogP contribution in [0.25, 0.3) is 11.1 Å². The molecule has 0 aliphatic carbocycles. The average Bonchev–Trinajstić information content (AvgIpc) is 3.37.